The van der Waals surface area contributed by atoms with E-state index >= 15 is 0 Å². The minimum Gasteiger partial charge on any atom is -0.465 e. The van der Waals surface area contributed by atoms with E-state index in [0.29, 0.717) is 26.8 Å². The van der Waals surface area contributed by atoms with Gasteiger partial charge in [0.15, 0.2) is 0 Å². The maximum absolute atomic E-state index is 13.7. The van der Waals surface area contributed by atoms with Gasteiger partial charge in [0, 0.05) is 11.8 Å². The zero-order valence-corrected chi connectivity index (χ0v) is 16.4. The van der Waals surface area contributed by atoms with E-state index < -0.39 is 29.9 Å². The lowest BCUT2D eigenvalue weighted by atomic mass is 9.97. The lowest BCUT2D eigenvalue weighted by Gasteiger charge is -2.11. The molecule has 0 atom stereocenters. The van der Waals surface area contributed by atoms with Gasteiger partial charge in [0.1, 0.15) is 18.3 Å². The van der Waals surface area contributed by atoms with Crippen LogP contribution in [0.15, 0.2) is 54.7 Å². The molecule has 0 saturated heterocycles. The van der Waals surface area contributed by atoms with Crippen molar-refractivity contribution < 1.29 is 22.7 Å². The minimum absolute atomic E-state index is 0.0328. The van der Waals surface area contributed by atoms with E-state index in [1.54, 1.807) is 61.5 Å². The number of nitriles is 2. The molecule has 1 heterocycles. The quantitative estimate of drug-likeness (QED) is 0.532. The van der Waals surface area contributed by atoms with Crippen LogP contribution in [-0.4, -0.2) is 17.1 Å². The number of hydrogen-bond acceptors (Lipinski definition) is 4. The summed E-state index contributed by atoms with van der Waals surface area (Å²) in [4.78, 5) is 11.8. The van der Waals surface area contributed by atoms with Crippen LogP contribution in [-0.2, 0) is 22.3 Å². The SMILES string of the molecule is CCOC(=O)Cn1cc(-c2ccc(-c3ccccc3C#N)cc2)c(C#N)c1C(F)(F)F. The summed E-state index contributed by atoms with van der Waals surface area (Å²) in [6, 6.07) is 17.2. The van der Waals surface area contributed by atoms with E-state index in [2.05, 4.69) is 6.07 Å². The van der Waals surface area contributed by atoms with Crippen molar-refractivity contribution in [1.82, 2.24) is 4.57 Å². The van der Waals surface area contributed by atoms with E-state index in [4.69, 9.17) is 4.74 Å². The topological polar surface area (TPSA) is 78.8 Å². The molecule has 1 aromatic heterocycles. The number of benzene rings is 2. The maximum Gasteiger partial charge on any atom is 0.432 e. The van der Waals surface area contributed by atoms with E-state index in [0.717, 1.165) is 6.20 Å². The summed E-state index contributed by atoms with van der Waals surface area (Å²) in [6.45, 7) is 0.923. The van der Waals surface area contributed by atoms with Crippen LogP contribution in [0.3, 0.4) is 0 Å². The van der Waals surface area contributed by atoms with Crippen LogP contribution in [0.2, 0.25) is 0 Å². The standard InChI is InChI=1S/C23H16F3N3O2/c1-2-31-21(30)14-29-13-20(19(12-28)22(29)23(24,25)26)16-9-7-15(8-10-16)18-6-4-3-5-17(18)11-27/h3-10,13H,2,14H2,1H3. The van der Waals surface area contributed by atoms with Crippen molar-refractivity contribution >= 4 is 5.97 Å². The lowest BCUT2D eigenvalue weighted by molar-refractivity contribution is -0.148. The highest BCUT2D eigenvalue weighted by Crippen LogP contribution is 2.38. The van der Waals surface area contributed by atoms with Gasteiger partial charge in [-0.3, -0.25) is 4.79 Å². The van der Waals surface area contributed by atoms with Crippen molar-refractivity contribution in [3.05, 3.63) is 71.5 Å². The van der Waals surface area contributed by atoms with Crippen LogP contribution >= 0.6 is 0 Å². The number of rotatable bonds is 5. The van der Waals surface area contributed by atoms with E-state index in [1.165, 1.54) is 0 Å². The van der Waals surface area contributed by atoms with Gasteiger partial charge in [-0.2, -0.15) is 23.7 Å². The van der Waals surface area contributed by atoms with Gasteiger partial charge in [0.2, 0.25) is 0 Å². The molecule has 3 rings (SSSR count). The first-order valence-corrected chi connectivity index (χ1v) is 9.26. The van der Waals surface area contributed by atoms with Gasteiger partial charge >= 0.3 is 12.1 Å². The van der Waals surface area contributed by atoms with E-state index in [9.17, 15) is 28.5 Å². The Labute approximate surface area is 176 Å². The molecule has 0 bridgehead atoms. The van der Waals surface area contributed by atoms with Gasteiger partial charge in [0.25, 0.3) is 0 Å². The molecule has 0 unspecified atom stereocenters. The number of alkyl halides is 3. The Bertz CT molecular complexity index is 1200. The van der Waals surface area contributed by atoms with Crippen LogP contribution < -0.4 is 0 Å². The summed E-state index contributed by atoms with van der Waals surface area (Å²) in [7, 11) is 0. The Balaban J connectivity index is 2.08. The Morgan fingerprint density at radius 2 is 1.61 bits per heavy atom. The van der Waals surface area contributed by atoms with E-state index in [1.807, 2.05) is 0 Å². The molecule has 0 aliphatic rings. The van der Waals surface area contributed by atoms with Crippen LogP contribution in [0.1, 0.15) is 23.7 Å². The second kappa shape index (κ2) is 8.76. The Morgan fingerprint density at radius 3 is 2.16 bits per heavy atom. The summed E-state index contributed by atoms with van der Waals surface area (Å²) in [5.74, 6) is -0.831. The monoisotopic (exact) mass is 423 g/mol. The number of ether oxygens (including phenoxy) is 1. The zero-order valence-electron chi connectivity index (χ0n) is 16.4. The normalized spacial score (nSPS) is 10.9. The Hall–Kier alpha value is -4.04. The third kappa shape index (κ3) is 4.44. The van der Waals surface area contributed by atoms with Crippen LogP contribution in [0.4, 0.5) is 13.2 Å². The fraction of sp³-hybridized carbons (Fsp3) is 0.174. The average Bonchev–Trinajstić information content (AvgIpc) is 3.12. The van der Waals surface area contributed by atoms with Crippen molar-refractivity contribution in [2.24, 2.45) is 0 Å². The molecule has 0 spiro atoms. The maximum atomic E-state index is 13.7. The first-order chi connectivity index (χ1) is 14.8. The highest BCUT2D eigenvalue weighted by Gasteiger charge is 2.39. The van der Waals surface area contributed by atoms with Gasteiger partial charge in [-0.25, -0.2) is 0 Å². The number of nitrogens with zero attached hydrogens (tertiary/aromatic N) is 3. The zero-order chi connectivity index (χ0) is 22.6. The molecule has 0 saturated carbocycles. The number of aromatic nitrogens is 1. The summed E-state index contributed by atoms with van der Waals surface area (Å²) in [6.07, 6.45) is -3.70. The molecule has 8 heteroatoms. The summed E-state index contributed by atoms with van der Waals surface area (Å²) in [5.41, 5.74) is 0.531. The predicted octanol–water partition coefficient (Wildman–Crippen LogP) is 5.15. The lowest BCUT2D eigenvalue weighted by Crippen LogP contribution is -2.20. The molecular formula is C23H16F3N3O2. The van der Waals surface area contributed by atoms with Gasteiger partial charge in [-0.15, -0.1) is 0 Å². The smallest absolute Gasteiger partial charge is 0.432 e. The fourth-order valence-electron chi connectivity index (χ4n) is 3.32. The molecule has 0 fully saturated rings. The number of hydrogen-bond donors (Lipinski definition) is 0. The molecule has 2 aromatic carbocycles. The Kier molecular flexibility index (Phi) is 6.12. The van der Waals surface area contributed by atoms with Gasteiger partial charge in [0.05, 0.1) is 23.8 Å². The van der Waals surface area contributed by atoms with Crippen molar-refractivity contribution in [1.29, 1.82) is 10.5 Å². The molecular weight excluding hydrogens is 407 g/mol. The van der Waals surface area contributed by atoms with Gasteiger partial charge in [-0.05, 0) is 29.7 Å². The Morgan fingerprint density at radius 1 is 1.00 bits per heavy atom. The first-order valence-electron chi connectivity index (χ1n) is 9.26. The highest BCUT2D eigenvalue weighted by atomic mass is 19.4. The molecule has 0 amide bonds. The van der Waals surface area contributed by atoms with Crippen molar-refractivity contribution in [2.75, 3.05) is 6.61 Å². The van der Waals surface area contributed by atoms with Gasteiger partial charge < -0.3 is 9.30 Å². The van der Waals surface area contributed by atoms with Crippen molar-refractivity contribution in [3.8, 4) is 34.4 Å². The number of halogens is 3. The summed E-state index contributed by atoms with van der Waals surface area (Å²) >= 11 is 0. The second-order valence-corrected chi connectivity index (χ2v) is 6.54. The van der Waals surface area contributed by atoms with Crippen molar-refractivity contribution in [2.45, 2.75) is 19.6 Å². The summed E-state index contributed by atoms with van der Waals surface area (Å²) in [5, 5.41) is 18.7. The highest BCUT2D eigenvalue weighted by molar-refractivity contribution is 5.78. The first kappa shape index (κ1) is 21.7. The van der Waals surface area contributed by atoms with Gasteiger partial charge in [-0.1, -0.05) is 42.5 Å². The van der Waals surface area contributed by atoms with E-state index in [-0.39, 0.29) is 12.2 Å². The number of carbonyl (C=O) groups is 1. The second-order valence-electron chi connectivity index (χ2n) is 6.54. The molecule has 0 radical (unpaired) electrons. The summed E-state index contributed by atoms with van der Waals surface area (Å²) < 4.78 is 46.5. The molecule has 31 heavy (non-hydrogen) atoms. The molecule has 0 aliphatic heterocycles. The van der Waals surface area contributed by atoms with Crippen LogP contribution in [0.25, 0.3) is 22.3 Å². The van der Waals surface area contributed by atoms with Crippen LogP contribution in [0, 0.1) is 22.7 Å². The third-order valence-corrected chi connectivity index (χ3v) is 4.62. The molecule has 3 aromatic rings. The van der Waals surface area contributed by atoms with Crippen LogP contribution in [0.5, 0.6) is 0 Å². The largest absolute Gasteiger partial charge is 0.465 e. The molecule has 5 nitrogen and oxygen atoms in total. The molecule has 0 aliphatic carbocycles. The van der Waals surface area contributed by atoms with Crippen molar-refractivity contribution in [3.63, 3.8) is 0 Å². The molecule has 156 valence electrons. The predicted molar refractivity (Wildman–Crippen MR) is 106 cm³/mol. The minimum atomic E-state index is -4.83. The molecule has 0 N–H and O–H groups in total. The number of carbonyl (C=O) groups excluding carboxylic acids is 1. The fourth-order valence-corrected chi connectivity index (χ4v) is 3.32. The number of esters is 1. The average molecular weight is 423 g/mol. The third-order valence-electron chi connectivity index (χ3n) is 4.62.